The van der Waals surface area contributed by atoms with Gasteiger partial charge in [0.1, 0.15) is 11.5 Å². The van der Waals surface area contributed by atoms with Gasteiger partial charge in [0.05, 0.1) is 12.2 Å². The number of aromatic hydroxyl groups is 1. The summed E-state index contributed by atoms with van der Waals surface area (Å²) >= 11 is 0. The van der Waals surface area contributed by atoms with Gasteiger partial charge in [-0.05, 0) is 67.2 Å². The lowest BCUT2D eigenvalue weighted by atomic mass is 9.75. The van der Waals surface area contributed by atoms with Gasteiger partial charge < -0.3 is 14.7 Å². The summed E-state index contributed by atoms with van der Waals surface area (Å²) in [5, 5.41) is 9.93. The molecule has 2 atom stereocenters. The van der Waals surface area contributed by atoms with Crippen LogP contribution in [0.3, 0.4) is 0 Å². The Balaban J connectivity index is 1.44. The van der Waals surface area contributed by atoms with Crippen LogP contribution in [0.2, 0.25) is 0 Å². The van der Waals surface area contributed by atoms with Gasteiger partial charge in [0.2, 0.25) is 0 Å². The van der Waals surface area contributed by atoms with E-state index < -0.39 is 11.7 Å². The van der Waals surface area contributed by atoms with Gasteiger partial charge >= 0.3 is 6.18 Å². The average Bonchev–Trinajstić information content (AvgIpc) is 3.36. The largest absolute Gasteiger partial charge is 0.508 e. The molecule has 5 rings (SSSR count). The van der Waals surface area contributed by atoms with E-state index in [1.165, 1.54) is 31.5 Å². The van der Waals surface area contributed by atoms with E-state index in [1.807, 2.05) is 6.07 Å². The molecule has 3 aromatic rings. The van der Waals surface area contributed by atoms with Crippen molar-refractivity contribution < 1.29 is 23.0 Å². The van der Waals surface area contributed by atoms with Crippen LogP contribution in [0.1, 0.15) is 52.5 Å². The third-order valence-electron chi connectivity index (χ3n) is 7.07. The van der Waals surface area contributed by atoms with Crippen LogP contribution in [-0.2, 0) is 12.6 Å². The lowest BCUT2D eigenvalue weighted by molar-refractivity contribution is -0.137. The van der Waals surface area contributed by atoms with E-state index >= 15 is 0 Å². The molecule has 0 saturated carbocycles. The number of alkyl halides is 3. The van der Waals surface area contributed by atoms with Gasteiger partial charge in [0.15, 0.2) is 0 Å². The van der Waals surface area contributed by atoms with Crippen LogP contribution in [0.25, 0.3) is 0 Å². The second-order valence-electron chi connectivity index (χ2n) is 9.28. The summed E-state index contributed by atoms with van der Waals surface area (Å²) in [4.78, 5) is 2.50. The summed E-state index contributed by atoms with van der Waals surface area (Å²) in [6.45, 7) is 3.74. The third-order valence-corrected chi connectivity index (χ3v) is 7.07. The quantitative estimate of drug-likeness (QED) is 0.474. The number of ether oxygens (including phenoxy) is 1. The van der Waals surface area contributed by atoms with Gasteiger partial charge in [-0.2, -0.15) is 13.2 Å². The minimum atomic E-state index is -4.37. The summed E-state index contributed by atoms with van der Waals surface area (Å²) in [5.74, 6) is 0.512. The summed E-state index contributed by atoms with van der Waals surface area (Å²) < 4.78 is 45.2. The molecule has 1 fully saturated rings. The van der Waals surface area contributed by atoms with Gasteiger partial charge in [-0.1, -0.05) is 42.5 Å². The Morgan fingerprint density at radius 2 is 1.56 bits per heavy atom. The van der Waals surface area contributed by atoms with E-state index in [0.29, 0.717) is 12.4 Å². The van der Waals surface area contributed by atoms with Crippen LogP contribution < -0.4 is 4.74 Å². The van der Waals surface area contributed by atoms with Gasteiger partial charge in [-0.25, -0.2) is 0 Å². The molecule has 0 bridgehead atoms. The van der Waals surface area contributed by atoms with Crippen molar-refractivity contribution >= 4 is 0 Å². The number of rotatable bonds is 5. The van der Waals surface area contributed by atoms with Crippen LogP contribution in [0, 0.1) is 0 Å². The molecule has 0 spiro atoms. The molecule has 0 aromatic heterocycles. The van der Waals surface area contributed by atoms with E-state index in [4.69, 9.17) is 4.74 Å². The standard InChI is InChI=1S/C28H28F3NO2/c29-28(30,31)22-9-7-20(8-10-22)25-18-34-26-17-23(33)11-12-24(26)27(25)21-5-3-19(4-6-21)13-16-32-14-1-2-15-32/h3-12,17,25,27,33H,1-2,13-16,18H2/t25-,27?/m1/s1. The Morgan fingerprint density at radius 1 is 0.882 bits per heavy atom. The molecular formula is C28H28F3NO2. The first kappa shape index (κ1) is 22.8. The maximum absolute atomic E-state index is 13.1. The van der Waals surface area contributed by atoms with E-state index in [0.717, 1.165) is 41.8 Å². The highest BCUT2D eigenvalue weighted by atomic mass is 19.4. The van der Waals surface area contributed by atoms with Crippen molar-refractivity contribution in [2.75, 3.05) is 26.2 Å². The minimum Gasteiger partial charge on any atom is -0.508 e. The predicted molar refractivity (Wildman–Crippen MR) is 125 cm³/mol. The monoisotopic (exact) mass is 467 g/mol. The topological polar surface area (TPSA) is 32.7 Å². The van der Waals surface area contributed by atoms with E-state index in [2.05, 4.69) is 29.2 Å². The second kappa shape index (κ2) is 9.34. The molecule has 2 aliphatic heterocycles. The van der Waals surface area contributed by atoms with Crippen LogP contribution in [0.5, 0.6) is 11.5 Å². The fraction of sp³-hybridized carbons (Fsp3) is 0.357. The van der Waals surface area contributed by atoms with Gasteiger partial charge in [0.25, 0.3) is 0 Å². The fourth-order valence-electron chi connectivity index (χ4n) is 5.20. The molecule has 0 amide bonds. The van der Waals surface area contributed by atoms with E-state index in [9.17, 15) is 18.3 Å². The Labute approximate surface area is 197 Å². The molecule has 0 aliphatic carbocycles. The third kappa shape index (κ3) is 4.78. The lowest BCUT2D eigenvalue weighted by Gasteiger charge is -2.34. The smallest absolute Gasteiger partial charge is 0.416 e. The van der Waals surface area contributed by atoms with Crippen molar-refractivity contribution in [3.63, 3.8) is 0 Å². The molecule has 1 unspecified atom stereocenters. The first-order valence-electron chi connectivity index (χ1n) is 11.8. The molecule has 6 heteroatoms. The molecule has 2 heterocycles. The number of nitrogens with zero attached hydrogens (tertiary/aromatic N) is 1. The molecule has 1 saturated heterocycles. The molecule has 0 radical (unpaired) electrons. The molecule has 1 N–H and O–H groups in total. The Hall–Kier alpha value is -2.99. The van der Waals surface area contributed by atoms with Crippen molar-refractivity contribution in [3.05, 3.63) is 94.5 Å². The normalized spacial score (nSPS) is 20.7. The maximum Gasteiger partial charge on any atom is 0.416 e. The van der Waals surface area contributed by atoms with Gasteiger partial charge in [0, 0.05) is 30.0 Å². The molecule has 34 heavy (non-hydrogen) atoms. The zero-order chi connectivity index (χ0) is 23.7. The molecule has 3 nitrogen and oxygen atoms in total. The molecule has 3 aromatic carbocycles. The first-order valence-corrected chi connectivity index (χ1v) is 11.8. The average molecular weight is 468 g/mol. The predicted octanol–water partition coefficient (Wildman–Crippen LogP) is 6.36. The zero-order valence-electron chi connectivity index (χ0n) is 18.9. The number of halogens is 3. The molecule has 2 aliphatic rings. The molecular weight excluding hydrogens is 439 g/mol. The number of benzene rings is 3. The van der Waals surface area contributed by atoms with E-state index in [1.54, 1.807) is 24.3 Å². The van der Waals surface area contributed by atoms with E-state index in [-0.39, 0.29) is 17.6 Å². The van der Waals surface area contributed by atoms with Crippen molar-refractivity contribution in [2.24, 2.45) is 0 Å². The highest BCUT2D eigenvalue weighted by Crippen LogP contribution is 2.47. The Morgan fingerprint density at radius 3 is 2.24 bits per heavy atom. The van der Waals surface area contributed by atoms with Gasteiger partial charge in [-0.3, -0.25) is 0 Å². The van der Waals surface area contributed by atoms with Crippen molar-refractivity contribution in [1.82, 2.24) is 4.90 Å². The maximum atomic E-state index is 13.1. The van der Waals surface area contributed by atoms with Crippen LogP contribution in [-0.4, -0.2) is 36.2 Å². The first-order chi connectivity index (χ1) is 16.4. The highest BCUT2D eigenvalue weighted by molar-refractivity contribution is 5.50. The summed E-state index contributed by atoms with van der Waals surface area (Å²) in [5.41, 5.74) is 3.44. The number of phenolic OH excluding ortho intramolecular Hbond substituents is 1. The summed E-state index contributed by atoms with van der Waals surface area (Å²) in [6, 6.07) is 19.1. The zero-order valence-corrected chi connectivity index (χ0v) is 18.9. The second-order valence-corrected chi connectivity index (χ2v) is 9.28. The number of fused-ring (bicyclic) bond motifs is 1. The SMILES string of the molecule is Oc1ccc2c(c1)OC[C@H](c1ccc(C(F)(F)F)cc1)C2c1ccc(CCN2CCCC2)cc1. The summed E-state index contributed by atoms with van der Waals surface area (Å²) in [7, 11) is 0. The van der Waals surface area contributed by atoms with Crippen LogP contribution in [0.15, 0.2) is 66.7 Å². The molecule has 178 valence electrons. The fourth-order valence-corrected chi connectivity index (χ4v) is 5.20. The Bertz CT molecular complexity index is 1120. The van der Waals surface area contributed by atoms with Crippen LogP contribution in [0.4, 0.5) is 13.2 Å². The summed E-state index contributed by atoms with van der Waals surface area (Å²) in [6.07, 6.45) is -0.803. The van der Waals surface area contributed by atoms with Crippen molar-refractivity contribution in [1.29, 1.82) is 0 Å². The number of phenols is 1. The highest BCUT2D eigenvalue weighted by Gasteiger charge is 2.35. The lowest BCUT2D eigenvalue weighted by Crippen LogP contribution is -2.25. The van der Waals surface area contributed by atoms with Crippen molar-refractivity contribution in [2.45, 2.75) is 37.3 Å². The van der Waals surface area contributed by atoms with Crippen molar-refractivity contribution in [3.8, 4) is 11.5 Å². The van der Waals surface area contributed by atoms with Gasteiger partial charge in [-0.15, -0.1) is 0 Å². The number of hydrogen-bond acceptors (Lipinski definition) is 3. The Kier molecular flexibility index (Phi) is 6.26. The van der Waals surface area contributed by atoms with Crippen LogP contribution >= 0.6 is 0 Å². The minimum absolute atomic E-state index is 0.0891. The number of hydrogen-bond donors (Lipinski definition) is 1. The number of likely N-dealkylation sites (tertiary alicyclic amines) is 1.